The molecule has 2 heterocycles. The van der Waals surface area contributed by atoms with Gasteiger partial charge in [-0.05, 0) is 32.0 Å². The Kier molecular flexibility index (Phi) is 10.5. The van der Waals surface area contributed by atoms with Crippen molar-refractivity contribution >= 4 is 30.7 Å². The Labute approximate surface area is 169 Å². The molecule has 2 fully saturated rings. The van der Waals surface area contributed by atoms with Crippen LogP contribution in [0.3, 0.4) is 0 Å². The van der Waals surface area contributed by atoms with Crippen molar-refractivity contribution in [3.8, 4) is 0 Å². The monoisotopic (exact) mass is 402 g/mol. The zero-order chi connectivity index (χ0) is 16.8. The topological polar surface area (TPSA) is 38.8 Å². The molecule has 26 heavy (non-hydrogen) atoms. The zero-order valence-electron chi connectivity index (χ0n) is 15.6. The van der Waals surface area contributed by atoms with Crippen molar-refractivity contribution in [2.24, 2.45) is 0 Å². The Hall–Kier alpha value is -0.850. The maximum absolute atomic E-state index is 12.6. The lowest BCUT2D eigenvalue weighted by molar-refractivity contribution is -0.134. The summed E-state index contributed by atoms with van der Waals surface area (Å²) in [4.78, 5) is 19.4. The second-order valence-electron chi connectivity index (χ2n) is 7.01. The summed E-state index contributed by atoms with van der Waals surface area (Å²) in [5.74, 6) is 0.297. The van der Waals surface area contributed by atoms with Gasteiger partial charge in [0, 0.05) is 45.3 Å². The van der Waals surface area contributed by atoms with E-state index in [2.05, 4.69) is 45.4 Å². The first-order valence-electron chi connectivity index (χ1n) is 9.18. The average molecular weight is 403 g/mol. The molecule has 0 bridgehead atoms. The number of amides is 1. The molecular weight excluding hydrogens is 371 g/mol. The third kappa shape index (κ3) is 6.71. The zero-order valence-corrected chi connectivity index (χ0v) is 17.2. The Morgan fingerprint density at radius 1 is 1.04 bits per heavy atom. The summed E-state index contributed by atoms with van der Waals surface area (Å²) in [7, 11) is 2.02. The number of halogens is 2. The molecule has 0 radical (unpaired) electrons. The van der Waals surface area contributed by atoms with Crippen LogP contribution in [-0.4, -0.2) is 79.5 Å². The van der Waals surface area contributed by atoms with Crippen molar-refractivity contribution in [2.75, 3.05) is 52.9 Å². The summed E-state index contributed by atoms with van der Waals surface area (Å²) in [5.41, 5.74) is 1.35. The van der Waals surface area contributed by atoms with Gasteiger partial charge in [0.05, 0.1) is 6.54 Å². The Morgan fingerprint density at radius 3 is 2.38 bits per heavy atom. The summed E-state index contributed by atoms with van der Waals surface area (Å²) < 4.78 is 0. The minimum atomic E-state index is 0. The number of hydrogen-bond donors (Lipinski definition) is 1. The molecule has 2 aliphatic rings. The number of likely N-dealkylation sites (N-methyl/N-ethyl adjacent to an activating group) is 1. The van der Waals surface area contributed by atoms with E-state index in [4.69, 9.17) is 0 Å². The lowest BCUT2D eigenvalue weighted by atomic mass is 10.1. The Morgan fingerprint density at radius 2 is 1.73 bits per heavy atom. The summed E-state index contributed by atoms with van der Waals surface area (Å²) in [6.07, 6.45) is 2.41. The maximum Gasteiger partial charge on any atom is 0.236 e. The van der Waals surface area contributed by atoms with Crippen LogP contribution in [0, 0.1) is 0 Å². The summed E-state index contributed by atoms with van der Waals surface area (Å²) in [6, 6.07) is 11.1. The third-order valence-electron chi connectivity index (χ3n) is 5.25. The van der Waals surface area contributed by atoms with Crippen LogP contribution in [0.5, 0.6) is 0 Å². The Balaban J connectivity index is 0.00000169. The minimum absolute atomic E-state index is 0. The highest BCUT2D eigenvalue weighted by Gasteiger charge is 2.25. The minimum Gasteiger partial charge on any atom is -0.339 e. The predicted molar refractivity (Wildman–Crippen MR) is 111 cm³/mol. The van der Waals surface area contributed by atoms with Crippen LogP contribution < -0.4 is 5.32 Å². The lowest BCUT2D eigenvalue weighted by Crippen LogP contribution is -2.53. The number of carbonyl (C=O) groups is 1. The molecule has 1 aromatic rings. The molecule has 0 saturated carbocycles. The van der Waals surface area contributed by atoms with Crippen LogP contribution in [0.15, 0.2) is 30.3 Å². The van der Waals surface area contributed by atoms with Crippen molar-refractivity contribution in [3.05, 3.63) is 35.9 Å². The van der Waals surface area contributed by atoms with Crippen molar-refractivity contribution < 1.29 is 4.79 Å². The summed E-state index contributed by atoms with van der Waals surface area (Å²) in [5, 5.41) is 3.34. The summed E-state index contributed by atoms with van der Waals surface area (Å²) in [6.45, 7) is 7.27. The van der Waals surface area contributed by atoms with E-state index in [1.807, 2.05) is 11.9 Å². The van der Waals surface area contributed by atoms with Gasteiger partial charge < -0.3 is 10.2 Å². The van der Waals surface area contributed by atoms with Crippen LogP contribution in [0.25, 0.3) is 0 Å². The predicted octanol–water partition coefficient (Wildman–Crippen LogP) is 1.86. The van der Waals surface area contributed by atoms with Gasteiger partial charge in [0.15, 0.2) is 0 Å². The highest BCUT2D eigenvalue weighted by atomic mass is 35.5. The van der Waals surface area contributed by atoms with Crippen molar-refractivity contribution in [1.82, 2.24) is 20.0 Å². The van der Waals surface area contributed by atoms with Crippen molar-refractivity contribution in [3.63, 3.8) is 0 Å². The van der Waals surface area contributed by atoms with Gasteiger partial charge in [-0.25, -0.2) is 0 Å². The third-order valence-corrected chi connectivity index (χ3v) is 5.25. The molecule has 1 N–H and O–H groups in total. The number of piperidine rings is 1. The number of hydrogen-bond acceptors (Lipinski definition) is 4. The second kappa shape index (κ2) is 11.8. The molecule has 0 aliphatic carbocycles. The van der Waals surface area contributed by atoms with Gasteiger partial charge >= 0.3 is 0 Å². The molecule has 1 unspecified atom stereocenters. The largest absolute Gasteiger partial charge is 0.339 e. The maximum atomic E-state index is 12.6. The molecule has 1 aromatic carbocycles. The van der Waals surface area contributed by atoms with E-state index < -0.39 is 0 Å². The van der Waals surface area contributed by atoms with Gasteiger partial charge in [-0.2, -0.15) is 0 Å². The van der Waals surface area contributed by atoms with E-state index in [1.165, 1.54) is 18.4 Å². The average Bonchev–Trinajstić information content (AvgIpc) is 2.63. The van der Waals surface area contributed by atoms with E-state index in [0.29, 0.717) is 18.5 Å². The first-order chi connectivity index (χ1) is 11.7. The number of rotatable bonds is 5. The molecule has 1 amide bonds. The van der Waals surface area contributed by atoms with E-state index in [0.717, 1.165) is 45.8 Å². The molecule has 2 aliphatic heterocycles. The second-order valence-corrected chi connectivity index (χ2v) is 7.01. The number of nitrogens with zero attached hydrogens (tertiary/aromatic N) is 3. The fourth-order valence-corrected chi connectivity index (χ4v) is 3.72. The molecule has 0 spiro atoms. The van der Waals surface area contributed by atoms with Crippen LogP contribution in [-0.2, 0) is 11.3 Å². The number of carbonyl (C=O) groups excluding carboxylic acids is 1. The standard InChI is InChI=1S/C19H30N4O.2ClH/c1-20-18-8-5-9-22(15-18)16-19(24)23-12-10-21(11-13-23)14-17-6-3-2-4-7-17;;/h2-4,6-7,18,20H,5,8-16H2,1H3;2*1H. The van der Waals surface area contributed by atoms with E-state index in [9.17, 15) is 4.79 Å². The fourth-order valence-electron chi connectivity index (χ4n) is 3.72. The van der Waals surface area contributed by atoms with E-state index >= 15 is 0 Å². The molecule has 7 heteroatoms. The normalized spacial score (nSPS) is 21.6. The number of nitrogens with one attached hydrogen (secondary N) is 1. The van der Waals surface area contributed by atoms with Gasteiger partial charge in [0.25, 0.3) is 0 Å². The van der Waals surface area contributed by atoms with Crippen molar-refractivity contribution in [1.29, 1.82) is 0 Å². The van der Waals surface area contributed by atoms with E-state index in [1.54, 1.807) is 0 Å². The van der Waals surface area contributed by atoms with Gasteiger partial charge in [0.2, 0.25) is 5.91 Å². The SMILES string of the molecule is CNC1CCCN(CC(=O)N2CCN(Cc3ccccc3)CC2)C1.Cl.Cl. The highest BCUT2D eigenvalue weighted by molar-refractivity contribution is 5.85. The number of benzene rings is 1. The van der Waals surface area contributed by atoms with Gasteiger partial charge in [-0.3, -0.25) is 14.6 Å². The van der Waals surface area contributed by atoms with E-state index in [-0.39, 0.29) is 24.8 Å². The van der Waals surface area contributed by atoms with Crippen LogP contribution in [0.4, 0.5) is 0 Å². The molecule has 2 saturated heterocycles. The highest BCUT2D eigenvalue weighted by Crippen LogP contribution is 2.12. The van der Waals surface area contributed by atoms with Gasteiger partial charge in [-0.15, -0.1) is 24.8 Å². The number of piperazine rings is 1. The van der Waals surface area contributed by atoms with Gasteiger partial charge in [-0.1, -0.05) is 30.3 Å². The molecule has 1 atom stereocenters. The van der Waals surface area contributed by atoms with Crippen LogP contribution in [0.2, 0.25) is 0 Å². The smallest absolute Gasteiger partial charge is 0.236 e. The molecule has 0 aromatic heterocycles. The van der Waals surface area contributed by atoms with Crippen LogP contribution in [0.1, 0.15) is 18.4 Å². The number of likely N-dealkylation sites (tertiary alicyclic amines) is 1. The van der Waals surface area contributed by atoms with Crippen molar-refractivity contribution in [2.45, 2.75) is 25.4 Å². The fraction of sp³-hybridized carbons (Fsp3) is 0.632. The first kappa shape index (κ1) is 23.2. The Bertz CT molecular complexity index is 524. The molecular formula is C19H32Cl2N4O. The first-order valence-corrected chi connectivity index (χ1v) is 9.18. The molecule has 3 rings (SSSR count). The van der Waals surface area contributed by atoms with Gasteiger partial charge in [0.1, 0.15) is 0 Å². The molecule has 148 valence electrons. The lowest BCUT2D eigenvalue weighted by Gasteiger charge is -2.37. The summed E-state index contributed by atoms with van der Waals surface area (Å²) >= 11 is 0. The quantitative estimate of drug-likeness (QED) is 0.815. The molecule has 5 nitrogen and oxygen atoms in total. The van der Waals surface area contributed by atoms with Crippen LogP contribution >= 0.6 is 24.8 Å².